The number of hydrogen-bond acceptors (Lipinski definition) is 3. The Balaban J connectivity index is 2.36. The Bertz CT molecular complexity index is 472. The molecular weight excluding hydrogens is 235 g/mol. The summed E-state index contributed by atoms with van der Waals surface area (Å²) in [7, 11) is 0. The van der Waals surface area contributed by atoms with Gasteiger partial charge in [-0.2, -0.15) is 0 Å². The van der Waals surface area contributed by atoms with Gasteiger partial charge in [0.25, 0.3) is 0 Å². The molecule has 78 valence electrons. The van der Waals surface area contributed by atoms with Crippen LogP contribution in [0.3, 0.4) is 0 Å². The lowest BCUT2D eigenvalue weighted by atomic mass is 10.1. The molecule has 0 saturated carbocycles. The third kappa shape index (κ3) is 2.17. The van der Waals surface area contributed by atoms with Gasteiger partial charge in [-0.25, -0.2) is 4.39 Å². The van der Waals surface area contributed by atoms with Crippen LogP contribution in [0, 0.1) is 5.82 Å². The monoisotopic (exact) mass is 242 g/mol. The van der Waals surface area contributed by atoms with E-state index >= 15 is 0 Å². The first-order valence-electron chi connectivity index (χ1n) is 4.29. The van der Waals surface area contributed by atoms with Crippen LogP contribution in [0.5, 0.6) is 0 Å². The Morgan fingerprint density at radius 2 is 2.20 bits per heavy atom. The van der Waals surface area contributed by atoms with Crippen LogP contribution in [0.25, 0.3) is 0 Å². The number of thiophene rings is 1. The fourth-order valence-corrected chi connectivity index (χ4v) is 2.32. The van der Waals surface area contributed by atoms with Crippen molar-refractivity contribution in [3.63, 3.8) is 0 Å². The molecule has 2 rings (SSSR count). The van der Waals surface area contributed by atoms with E-state index < -0.39 is 11.9 Å². The quantitative estimate of drug-likeness (QED) is 0.879. The molecule has 2 nitrogen and oxygen atoms in total. The van der Waals surface area contributed by atoms with Gasteiger partial charge in [0.1, 0.15) is 5.82 Å². The summed E-state index contributed by atoms with van der Waals surface area (Å²) in [6, 6.07) is 5.85. The van der Waals surface area contributed by atoms with Crippen molar-refractivity contribution in [2.45, 2.75) is 6.04 Å². The average Bonchev–Trinajstić information content (AvgIpc) is 2.65. The summed E-state index contributed by atoms with van der Waals surface area (Å²) in [4.78, 5) is 4.73. The summed E-state index contributed by atoms with van der Waals surface area (Å²) in [6.45, 7) is 0. The smallest absolute Gasteiger partial charge is 0.146 e. The Morgan fingerprint density at radius 1 is 1.40 bits per heavy atom. The molecule has 1 unspecified atom stereocenters. The molecule has 0 saturated heterocycles. The highest BCUT2D eigenvalue weighted by molar-refractivity contribution is 7.16. The van der Waals surface area contributed by atoms with Crippen molar-refractivity contribution in [2.24, 2.45) is 5.73 Å². The van der Waals surface area contributed by atoms with E-state index in [4.69, 9.17) is 17.3 Å². The molecule has 15 heavy (non-hydrogen) atoms. The van der Waals surface area contributed by atoms with Crippen LogP contribution >= 0.6 is 22.9 Å². The van der Waals surface area contributed by atoms with Crippen LogP contribution in [0.15, 0.2) is 30.5 Å². The van der Waals surface area contributed by atoms with Crippen LogP contribution in [-0.4, -0.2) is 4.98 Å². The second-order valence-corrected chi connectivity index (χ2v) is 4.74. The molecule has 0 radical (unpaired) electrons. The number of rotatable bonds is 2. The molecule has 0 aromatic carbocycles. The predicted molar refractivity (Wildman–Crippen MR) is 59.6 cm³/mol. The van der Waals surface area contributed by atoms with E-state index in [0.717, 1.165) is 4.88 Å². The normalized spacial score (nSPS) is 12.7. The molecule has 2 aromatic heterocycles. The molecule has 1 atom stereocenters. The highest BCUT2D eigenvalue weighted by Gasteiger charge is 2.16. The van der Waals surface area contributed by atoms with Gasteiger partial charge in [0, 0.05) is 11.1 Å². The van der Waals surface area contributed by atoms with Crippen LogP contribution < -0.4 is 5.73 Å². The van der Waals surface area contributed by atoms with Gasteiger partial charge < -0.3 is 5.73 Å². The van der Waals surface area contributed by atoms with E-state index in [1.54, 1.807) is 12.1 Å². The van der Waals surface area contributed by atoms with Crippen LogP contribution in [0.2, 0.25) is 4.34 Å². The van der Waals surface area contributed by atoms with Crippen molar-refractivity contribution in [2.75, 3.05) is 0 Å². The maximum absolute atomic E-state index is 13.4. The summed E-state index contributed by atoms with van der Waals surface area (Å²) >= 11 is 7.11. The molecule has 2 heterocycles. The van der Waals surface area contributed by atoms with Crippen LogP contribution in [0.1, 0.15) is 16.6 Å². The van der Waals surface area contributed by atoms with Crippen molar-refractivity contribution in [3.05, 3.63) is 51.2 Å². The van der Waals surface area contributed by atoms with Gasteiger partial charge in [0.05, 0.1) is 16.1 Å². The van der Waals surface area contributed by atoms with Gasteiger partial charge in [-0.15, -0.1) is 11.3 Å². The third-order valence-electron chi connectivity index (χ3n) is 1.98. The van der Waals surface area contributed by atoms with E-state index in [9.17, 15) is 4.39 Å². The molecule has 0 spiro atoms. The molecule has 0 bridgehead atoms. The summed E-state index contributed by atoms with van der Waals surface area (Å²) in [6.07, 6.45) is 1.52. The minimum absolute atomic E-state index is 0.246. The van der Waals surface area contributed by atoms with Crippen molar-refractivity contribution < 1.29 is 4.39 Å². The van der Waals surface area contributed by atoms with E-state index in [2.05, 4.69) is 4.98 Å². The molecule has 2 aromatic rings. The number of aromatic nitrogens is 1. The van der Waals surface area contributed by atoms with E-state index in [0.29, 0.717) is 4.34 Å². The zero-order chi connectivity index (χ0) is 10.8. The zero-order valence-electron chi connectivity index (χ0n) is 7.65. The second kappa shape index (κ2) is 4.26. The minimum atomic E-state index is -0.552. The first kappa shape index (κ1) is 10.5. The maximum atomic E-state index is 13.4. The summed E-state index contributed by atoms with van der Waals surface area (Å²) in [5.41, 5.74) is 6.13. The van der Waals surface area contributed by atoms with E-state index in [1.165, 1.54) is 29.7 Å². The SMILES string of the molecule is NC(c1ccc(Cl)s1)c1ncccc1F. The third-order valence-corrected chi connectivity index (χ3v) is 3.30. The van der Waals surface area contributed by atoms with Gasteiger partial charge in [-0.1, -0.05) is 11.6 Å². The molecular formula is C10H8ClFN2S. The van der Waals surface area contributed by atoms with Crippen molar-refractivity contribution in [1.82, 2.24) is 4.98 Å². The maximum Gasteiger partial charge on any atom is 0.146 e. The molecule has 0 aliphatic heterocycles. The fourth-order valence-electron chi connectivity index (χ4n) is 1.26. The zero-order valence-corrected chi connectivity index (χ0v) is 9.23. The lowest BCUT2D eigenvalue weighted by Crippen LogP contribution is -2.13. The lowest BCUT2D eigenvalue weighted by Gasteiger charge is -2.08. The molecule has 0 aliphatic carbocycles. The number of halogens is 2. The van der Waals surface area contributed by atoms with E-state index in [-0.39, 0.29) is 5.69 Å². The van der Waals surface area contributed by atoms with Gasteiger partial charge in [-0.05, 0) is 24.3 Å². The van der Waals surface area contributed by atoms with Crippen LogP contribution in [-0.2, 0) is 0 Å². The number of nitrogens with two attached hydrogens (primary N) is 1. The first-order chi connectivity index (χ1) is 7.18. The fraction of sp³-hybridized carbons (Fsp3) is 0.100. The van der Waals surface area contributed by atoms with E-state index in [1.807, 2.05) is 0 Å². The minimum Gasteiger partial charge on any atom is -0.318 e. The Hall–Kier alpha value is -0.970. The second-order valence-electron chi connectivity index (χ2n) is 2.99. The number of pyridine rings is 1. The van der Waals surface area contributed by atoms with Crippen LogP contribution in [0.4, 0.5) is 4.39 Å². The summed E-state index contributed by atoms with van der Waals surface area (Å²) in [5, 5.41) is 0. The predicted octanol–water partition coefficient (Wildman–Crippen LogP) is 2.98. The molecule has 0 aliphatic rings. The Labute approximate surface area is 95.5 Å². The average molecular weight is 243 g/mol. The summed E-state index contributed by atoms with van der Waals surface area (Å²) < 4.78 is 14.0. The number of hydrogen-bond donors (Lipinski definition) is 1. The summed E-state index contributed by atoms with van der Waals surface area (Å²) in [5.74, 6) is -0.394. The topological polar surface area (TPSA) is 38.9 Å². The lowest BCUT2D eigenvalue weighted by molar-refractivity contribution is 0.588. The number of nitrogens with zero attached hydrogens (tertiary/aromatic N) is 1. The van der Waals surface area contributed by atoms with Crippen molar-refractivity contribution in [1.29, 1.82) is 0 Å². The van der Waals surface area contributed by atoms with Gasteiger partial charge in [0.15, 0.2) is 0 Å². The highest BCUT2D eigenvalue weighted by atomic mass is 35.5. The standard InChI is InChI=1S/C10H8ClFN2S/c11-8-4-3-7(15-8)9(13)10-6(12)2-1-5-14-10/h1-5,9H,13H2. The Kier molecular flexibility index (Phi) is 3.00. The van der Waals surface area contributed by atoms with Gasteiger partial charge in [-0.3, -0.25) is 4.98 Å². The van der Waals surface area contributed by atoms with Crippen molar-refractivity contribution in [3.8, 4) is 0 Å². The molecule has 0 fully saturated rings. The Morgan fingerprint density at radius 3 is 2.80 bits per heavy atom. The molecule has 5 heteroatoms. The molecule has 0 amide bonds. The van der Waals surface area contributed by atoms with Crippen molar-refractivity contribution >= 4 is 22.9 Å². The van der Waals surface area contributed by atoms with Gasteiger partial charge >= 0.3 is 0 Å². The van der Waals surface area contributed by atoms with Gasteiger partial charge in [0.2, 0.25) is 0 Å². The first-order valence-corrected chi connectivity index (χ1v) is 5.49. The molecule has 2 N–H and O–H groups in total. The highest BCUT2D eigenvalue weighted by Crippen LogP contribution is 2.29. The largest absolute Gasteiger partial charge is 0.318 e.